The van der Waals surface area contributed by atoms with Gasteiger partial charge in [-0.3, -0.25) is 0 Å². The van der Waals surface area contributed by atoms with Gasteiger partial charge in [0.25, 0.3) is 0 Å². The molecule has 0 unspecified atom stereocenters. The van der Waals surface area contributed by atoms with Crippen LogP contribution in [0.2, 0.25) is 5.02 Å². The summed E-state index contributed by atoms with van der Waals surface area (Å²) in [6, 6.07) is 19.3. The third-order valence-electron chi connectivity index (χ3n) is 3.06. The third kappa shape index (κ3) is 2.46. The Hall–Kier alpha value is -2.10. The van der Waals surface area contributed by atoms with Crippen molar-refractivity contribution in [3.05, 3.63) is 71.4 Å². The Bertz CT molecular complexity index is 705. The lowest BCUT2D eigenvalue weighted by atomic mass is 10.1. The molecule has 0 aliphatic rings. The Morgan fingerprint density at radius 1 is 1.00 bits per heavy atom. The minimum absolute atomic E-state index is 0.0829. The van der Waals surface area contributed by atoms with E-state index in [1.54, 1.807) is 0 Å². The van der Waals surface area contributed by atoms with E-state index in [0.717, 1.165) is 16.9 Å². The Morgan fingerprint density at radius 2 is 1.70 bits per heavy atom. The molecule has 1 N–H and O–H groups in total. The van der Waals surface area contributed by atoms with Crippen molar-refractivity contribution in [1.82, 2.24) is 9.78 Å². The lowest BCUT2D eigenvalue weighted by molar-refractivity contribution is 0.276. The van der Waals surface area contributed by atoms with Crippen LogP contribution in [0.1, 0.15) is 5.69 Å². The first-order valence-electron chi connectivity index (χ1n) is 6.29. The number of nitrogens with zero attached hydrogens (tertiary/aromatic N) is 2. The Morgan fingerprint density at radius 3 is 2.35 bits per heavy atom. The molecule has 4 heteroatoms. The van der Waals surface area contributed by atoms with Crippen molar-refractivity contribution in [2.24, 2.45) is 0 Å². The zero-order chi connectivity index (χ0) is 13.9. The van der Waals surface area contributed by atoms with Gasteiger partial charge in [0.05, 0.1) is 23.7 Å². The van der Waals surface area contributed by atoms with Gasteiger partial charge in [-0.25, -0.2) is 4.68 Å². The summed E-state index contributed by atoms with van der Waals surface area (Å²) in [7, 11) is 0. The average Bonchev–Trinajstić information content (AvgIpc) is 2.93. The molecule has 0 aliphatic heterocycles. The summed E-state index contributed by atoms with van der Waals surface area (Å²) >= 11 is 5.93. The van der Waals surface area contributed by atoms with Crippen LogP contribution < -0.4 is 0 Å². The first kappa shape index (κ1) is 12.9. The highest BCUT2D eigenvalue weighted by Crippen LogP contribution is 2.25. The minimum atomic E-state index is -0.0829. The zero-order valence-corrected chi connectivity index (χ0v) is 11.5. The van der Waals surface area contributed by atoms with E-state index in [4.69, 9.17) is 11.6 Å². The molecular formula is C16H13ClN2O. The summed E-state index contributed by atoms with van der Waals surface area (Å²) in [5, 5.41) is 14.4. The second kappa shape index (κ2) is 5.49. The van der Waals surface area contributed by atoms with Crippen LogP contribution in [-0.4, -0.2) is 14.9 Å². The molecule has 0 saturated carbocycles. The average molecular weight is 285 g/mol. The van der Waals surface area contributed by atoms with Crippen LogP contribution in [0.5, 0.6) is 0 Å². The van der Waals surface area contributed by atoms with E-state index in [0.29, 0.717) is 10.7 Å². The number of aliphatic hydroxyl groups excluding tert-OH is 1. The molecule has 3 aromatic rings. The van der Waals surface area contributed by atoms with Gasteiger partial charge in [0.15, 0.2) is 0 Å². The van der Waals surface area contributed by atoms with Crippen molar-refractivity contribution in [3.63, 3.8) is 0 Å². The normalized spacial score (nSPS) is 10.7. The molecule has 0 atom stereocenters. The van der Waals surface area contributed by atoms with E-state index < -0.39 is 0 Å². The smallest absolute Gasteiger partial charge is 0.0889 e. The van der Waals surface area contributed by atoms with E-state index in [2.05, 4.69) is 5.10 Å². The predicted molar refractivity (Wildman–Crippen MR) is 79.9 cm³/mol. The van der Waals surface area contributed by atoms with Gasteiger partial charge in [0.2, 0.25) is 0 Å². The number of aromatic nitrogens is 2. The SMILES string of the molecule is OCc1cc(-c2ccc(Cl)cc2)n(-c2ccccc2)n1. The number of hydrogen-bond donors (Lipinski definition) is 1. The summed E-state index contributed by atoms with van der Waals surface area (Å²) in [5.41, 5.74) is 3.53. The maximum atomic E-state index is 9.32. The standard InChI is InChI=1S/C16H13ClN2O/c17-13-8-6-12(7-9-13)16-10-14(11-20)18-19(16)15-4-2-1-3-5-15/h1-10,20H,11H2. The zero-order valence-electron chi connectivity index (χ0n) is 10.7. The summed E-state index contributed by atoms with van der Waals surface area (Å²) in [6.07, 6.45) is 0. The first-order chi connectivity index (χ1) is 9.78. The Balaban J connectivity index is 2.15. The monoisotopic (exact) mass is 284 g/mol. The number of rotatable bonds is 3. The quantitative estimate of drug-likeness (QED) is 0.797. The number of hydrogen-bond acceptors (Lipinski definition) is 2. The number of halogens is 1. The molecule has 0 saturated heterocycles. The van der Waals surface area contributed by atoms with E-state index in [1.807, 2.05) is 65.3 Å². The predicted octanol–water partition coefficient (Wildman–Crippen LogP) is 3.69. The second-order valence-electron chi connectivity index (χ2n) is 4.43. The summed E-state index contributed by atoms with van der Waals surface area (Å²) in [5.74, 6) is 0. The van der Waals surface area contributed by atoms with Gasteiger partial charge in [-0.05, 0) is 30.3 Å². The minimum Gasteiger partial charge on any atom is -0.390 e. The van der Waals surface area contributed by atoms with Crippen LogP contribution in [0.3, 0.4) is 0 Å². The molecule has 1 heterocycles. The van der Waals surface area contributed by atoms with Crippen molar-refractivity contribution in [2.45, 2.75) is 6.61 Å². The summed E-state index contributed by atoms with van der Waals surface area (Å²) in [4.78, 5) is 0. The van der Waals surface area contributed by atoms with Gasteiger partial charge in [0.1, 0.15) is 0 Å². The maximum absolute atomic E-state index is 9.32. The molecule has 0 bridgehead atoms. The maximum Gasteiger partial charge on any atom is 0.0889 e. The summed E-state index contributed by atoms with van der Waals surface area (Å²) < 4.78 is 1.83. The molecule has 20 heavy (non-hydrogen) atoms. The highest BCUT2D eigenvalue weighted by molar-refractivity contribution is 6.30. The molecule has 0 amide bonds. The first-order valence-corrected chi connectivity index (χ1v) is 6.67. The van der Waals surface area contributed by atoms with Crippen molar-refractivity contribution in [3.8, 4) is 16.9 Å². The van der Waals surface area contributed by atoms with Crippen molar-refractivity contribution in [2.75, 3.05) is 0 Å². The van der Waals surface area contributed by atoms with E-state index >= 15 is 0 Å². The van der Waals surface area contributed by atoms with Crippen molar-refractivity contribution < 1.29 is 5.11 Å². The van der Waals surface area contributed by atoms with Gasteiger partial charge in [-0.1, -0.05) is 41.9 Å². The molecule has 0 fully saturated rings. The van der Waals surface area contributed by atoms with Gasteiger partial charge >= 0.3 is 0 Å². The molecule has 3 rings (SSSR count). The number of para-hydroxylation sites is 1. The van der Waals surface area contributed by atoms with Crippen LogP contribution in [0.25, 0.3) is 16.9 Å². The van der Waals surface area contributed by atoms with Crippen molar-refractivity contribution in [1.29, 1.82) is 0 Å². The molecule has 3 nitrogen and oxygen atoms in total. The summed E-state index contributed by atoms with van der Waals surface area (Å²) in [6.45, 7) is -0.0829. The van der Waals surface area contributed by atoms with Crippen LogP contribution in [-0.2, 0) is 6.61 Å². The number of aliphatic hydroxyl groups is 1. The molecule has 2 aromatic carbocycles. The van der Waals surface area contributed by atoms with Gasteiger partial charge in [-0.2, -0.15) is 5.10 Å². The van der Waals surface area contributed by atoms with Crippen LogP contribution in [0.4, 0.5) is 0 Å². The molecular weight excluding hydrogens is 272 g/mol. The highest BCUT2D eigenvalue weighted by Gasteiger charge is 2.11. The molecule has 0 aliphatic carbocycles. The largest absolute Gasteiger partial charge is 0.390 e. The highest BCUT2D eigenvalue weighted by atomic mass is 35.5. The molecule has 1 aromatic heterocycles. The fraction of sp³-hybridized carbons (Fsp3) is 0.0625. The lowest BCUT2D eigenvalue weighted by Gasteiger charge is -2.07. The van der Waals surface area contributed by atoms with Crippen LogP contribution in [0.15, 0.2) is 60.7 Å². The number of benzene rings is 2. The lowest BCUT2D eigenvalue weighted by Crippen LogP contribution is -1.99. The van der Waals surface area contributed by atoms with Crippen LogP contribution >= 0.6 is 11.6 Å². The van der Waals surface area contributed by atoms with Crippen molar-refractivity contribution >= 4 is 11.6 Å². The van der Waals surface area contributed by atoms with Gasteiger partial charge in [-0.15, -0.1) is 0 Å². The van der Waals surface area contributed by atoms with Crippen LogP contribution in [0, 0.1) is 0 Å². The van der Waals surface area contributed by atoms with Gasteiger partial charge < -0.3 is 5.11 Å². The molecule has 0 radical (unpaired) electrons. The Labute approximate surface area is 122 Å². The second-order valence-corrected chi connectivity index (χ2v) is 4.87. The fourth-order valence-corrected chi connectivity index (χ4v) is 2.23. The van der Waals surface area contributed by atoms with Gasteiger partial charge in [0, 0.05) is 10.6 Å². The molecule has 100 valence electrons. The Kier molecular flexibility index (Phi) is 3.54. The third-order valence-corrected chi connectivity index (χ3v) is 3.31. The molecule has 0 spiro atoms. The topological polar surface area (TPSA) is 38.0 Å². The van der Waals surface area contributed by atoms with E-state index in [-0.39, 0.29) is 6.61 Å². The fourth-order valence-electron chi connectivity index (χ4n) is 2.10. The van der Waals surface area contributed by atoms with E-state index in [9.17, 15) is 5.11 Å². The van der Waals surface area contributed by atoms with E-state index in [1.165, 1.54) is 0 Å².